The number of hydrogen-bond acceptors (Lipinski definition) is 2. The second-order valence-corrected chi connectivity index (χ2v) is 4.89. The van der Waals surface area contributed by atoms with Gasteiger partial charge in [-0.1, -0.05) is 46.4 Å². The molecule has 0 radical (unpaired) electrons. The fourth-order valence-electron chi connectivity index (χ4n) is 0.741. The van der Waals surface area contributed by atoms with Crippen LogP contribution in [0.5, 0.6) is 5.88 Å². The highest BCUT2D eigenvalue weighted by atomic mass is 35.6. The molecule has 1 heterocycles. The lowest BCUT2D eigenvalue weighted by molar-refractivity contribution is 0.397. The van der Waals surface area contributed by atoms with E-state index in [4.69, 9.17) is 51.1 Å². The summed E-state index contributed by atoms with van der Waals surface area (Å²) in [6.45, 7) is 0. The minimum absolute atomic E-state index is 0.223. The van der Waals surface area contributed by atoms with Gasteiger partial charge in [0.1, 0.15) is 5.15 Å². The van der Waals surface area contributed by atoms with E-state index < -0.39 is 3.79 Å². The molecule has 72 valence electrons. The van der Waals surface area contributed by atoms with E-state index in [1.807, 2.05) is 0 Å². The number of halogens is 4. The van der Waals surface area contributed by atoms with Crippen molar-refractivity contribution < 1.29 is 4.74 Å². The summed E-state index contributed by atoms with van der Waals surface area (Å²) in [6, 6.07) is 2.98. The van der Waals surface area contributed by atoms with Gasteiger partial charge in [-0.05, 0) is 6.07 Å². The molecule has 6 heteroatoms. The lowest BCUT2D eigenvalue weighted by Crippen LogP contribution is -2.01. The van der Waals surface area contributed by atoms with Crippen molar-refractivity contribution in [3.63, 3.8) is 0 Å². The standard InChI is InChI=1S/C7H5Cl4NO/c1-13-6-3-4(7(9,10)11)2-5(8)12-6/h2-3H,1H3. The molecule has 0 aliphatic carbocycles. The molecular formula is C7H5Cl4NO. The van der Waals surface area contributed by atoms with Crippen LogP contribution < -0.4 is 4.74 Å². The predicted molar refractivity (Wildman–Crippen MR) is 55.0 cm³/mol. The third-order valence-electron chi connectivity index (χ3n) is 1.31. The normalized spacial score (nSPS) is 11.5. The monoisotopic (exact) mass is 259 g/mol. The molecule has 0 saturated carbocycles. The predicted octanol–water partition coefficient (Wildman–Crippen LogP) is 3.57. The van der Waals surface area contributed by atoms with E-state index in [2.05, 4.69) is 4.98 Å². The van der Waals surface area contributed by atoms with Gasteiger partial charge in [0.05, 0.1) is 7.11 Å². The zero-order valence-electron chi connectivity index (χ0n) is 6.52. The van der Waals surface area contributed by atoms with E-state index in [1.54, 1.807) is 0 Å². The first-order valence-corrected chi connectivity index (χ1v) is 4.73. The molecule has 0 aliphatic rings. The number of ether oxygens (including phenoxy) is 1. The molecule has 13 heavy (non-hydrogen) atoms. The largest absolute Gasteiger partial charge is 0.481 e. The van der Waals surface area contributed by atoms with Crippen molar-refractivity contribution in [1.82, 2.24) is 4.98 Å². The summed E-state index contributed by atoms with van der Waals surface area (Å²) >= 11 is 22.6. The number of nitrogens with zero attached hydrogens (tertiary/aromatic N) is 1. The number of hydrogen-bond donors (Lipinski definition) is 0. The summed E-state index contributed by atoms with van der Waals surface area (Å²) in [5, 5.41) is 0.223. The highest BCUT2D eigenvalue weighted by Gasteiger charge is 2.24. The number of methoxy groups -OCH3 is 1. The van der Waals surface area contributed by atoms with Crippen LogP contribution in [0.1, 0.15) is 5.56 Å². The van der Waals surface area contributed by atoms with E-state index in [9.17, 15) is 0 Å². The molecule has 0 N–H and O–H groups in total. The molecule has 0 aliphatic heterocycles. The van der Waals surface area contributed by atoms with Gasteiger partial charge in [-0.25, -0.2) is 4.98 Å². The van der Waals surface area contributed by atoms with Crippen molar-refractivity contribution in [2.45, 2.75) is 3.79 Å². The van der Waals surface area contributed by atoms with Crippen LogP contribution in [0.3, 0.4) is 0 Å². The van der Waals surface area contributed by atoms with Gasteiger partial charge in [-0.3, -0.25) is 0 Å². The van der Waals surface area contributed by atoms with Crippen molar-refractivity contribution in [3.05, 3.63) is 22.8 Å². The zero-order valence-corrected chi connectivity index (χ0v) is 9.55. The average Bonchev–Trinajstić information content (AvgIpc) is 2.01. The van der Waals surface area contributed by atoms with Gasteiger partial charge >= 0.3 is 0 Å². The first kappa shape index (κ1) is 11.2. The third kappa shape index (κ3) is 3.06. The maximum Gasteiger partial charge on any atom is 0.216 e. The Bertz CT molecular complexity index is 310. The summed E-state index contributed by atoms with van der Waals surface area (Å²) in [4.78, 5) is 3.83. The van der Waals surface area contributed by atoms with Gasteiger partial charge in [-0.15, -0.1) is 0 Å². The summed E-state index contributed by atoms with van der Waals surface area (Å²) in [5.74, 6) is 0.314. The first-order valence-electron chi connectivity index (χ1n) is 3.22. The maximum absolute atomic E-state index is 5.67. The number of pyridine rings is 1. The Morgan fingerprint density at radius 3 is 2.38 bits per heavy atom. The minimum Gasteiger partial charge on any atom is -0.481 e. The van der Waals surface area contributed by atoms with Gasteiger partial charge in [0, 0.05) is 11.6 Å². The van der Waals surface area contributed by atoms with Crippen molar-refractivity contribution in [2.75, 3.05) is 7.11 Å². The summed E-state index contributed by atoms with van der Waals surface area (Å²) in [7, 11) is 1.46. The van der Waals surface area contributed by atoms with Gasteiger partial charge in [0.2, 0.25) is 9.67 Å². The van der Waals surface area contributed by atoms with Crippen molar-refractivity contribution in [2.24, 2.45) is 0 Å². The highest BCUT2D eigenvalue weighted by Crippen LogP contribution is 2.39. The number of rotatable bonds is 1. The Hall–Kier alpha value is 0.110. The number of alkyl halides is 3. The Labute approximate surface area is 95.7 Å². The van der Waals surface area contributed by atoms with Crippen LogP contribution in [0.2, 0.25) is 5.15 Å². The molecule has 0 bridgehead atoms. The van der Waals surface area contributed by atoms with Crippen molar-refractivity contribution >= 4 is 46.4 Å². The quantitative estimate of drug-likeness (QED) is 0.569. The molecule has 1 rings (SSSR count). The van der Waals surface area contributed by atoms with E-state index in [0.29, 0.717) is 11.4 Å². The van der Waals surface area contributed by atoms with Gasteiger partial charge in [0.15, 0.2) is 0 Å². The average molecular weight is 261 g/mol. The topological polar surface area (TPSA) is 22.1 Å². The number of aromatic nitrogens is 1. The van der Waals surface area contributed by atoms with E-state index >= 15 is 0 Å². The Balaban J connectivity index is 3.16. The zero-order chi connectivity index (χ0) is 10.1. The van der Waals surface area contributed by atoms with E-state index in [0.717, 1.165) is 0 Å². The molecule has 0 unspecified atom stereocenters. The Morgan fingerprint density at radius 1 is 1.31 bits per heavy atom. The maximum atomic E-state index is 5.67. The Kier molecular flexibility index (Phi) is 3.52. The molecule has 0 atom stereocenters. The third-order valence-corrected chi connectivity index (χ3v) is 2.16. The van der Waals surface area contributed by atoms with Crippen LogP contribution >= 0.6 is 46.4 Å². The van der Waals surface area contributed by atoms with Gasteiger partial charge in [0.25, 0.3) is 0 Å². The smallest absolute Gasteiger partial charge is 0.216 e. The van der Waals surface area contributed by atoms with Gasteiger partial charge < -0.3 is 4.74 Å². The van der Waals surface area contributed by atoms with E-state index in [-0.39, 0.29) is 5.15 Å². The van der Waals surface area contributed by atoms with Crippen LogP contribution in [-0.2, 0) is 3.79 Å². The highest BCUT2D eigenvalue weighted by molar-refractivity contribution is 6.66. The molecule has 0 amide bonds. The fraction of sp³-hybridized carbons (Fsp3) is 0.286. The molecule has 0 saturated heterocycles. The first-order chi connectivity index (χ1) is 5.93. The second-order valence-electron chi connectivity index (χ2n) is 2.22. The van der Waals surface area contributed by atoms with Crippen LogP contribution in [-0.4, -0.2) is 12.1 Å². The summed E-state index contributed by atoms with van der Waals surface area (Å²) in [6.07, 6.45) is 0. The lowest BCUT2D eigenvalue weighted by Gasteiger charge is -2.12. The van der Waals surface area contributed by atoms with Crippen LogP contribution in [0.4, 0.5) is 0 Å². The van der Waals surface area contributed by atoms with Crippen molar-refractivity contribution in [1.29, 1.82) is 0 Å². The van der Waals surface area contributed by atoms with E-state index in [1.165, 1.54) is 19.2 Å². The molecule has 0 fully saturated rings. The molecule has 1 aromatic rings. The molecule has 2 nitrogen and oxygen atoms in total. The SMILES string of the molecule is COc1cc(C(Cl)(Cl)Cl)cc(Cl)n1. The Morgan fingerprint density at radius 2 is 1.92 bits per heavy atom. The van der Waals surface area contributed by atoms with Crippen molar-refractivity contribution in [3.8, 4) is 5.88 Å². The molecule has 0 spiro atoms. The summed E-state index contributed by atoms with van der Waals surface area (Å²) < 4.78 is 3.35. The summed E-state index contributed by atoms with van der Waals surface area (Å²) in [5.41, 5.74) is 0.425. The fourth-order valence-corrected chi connectivity index (χ4v) is 1.27. The van der Waals surface area contributed by atoms with Crippen LogP contribution in [0.15, 0.2) is 12.1 Å². The van der Waals surface area contributed by atoms with Gasteiger partial charge in [-0.2, -0.15) is 0 Å². The van der Waals surface area contributed by atoms with Crippen LogP contribution in [0.25, 0.3) is 0 Å². The minimum atomic E-state index is -1.51. The molecule has 0 aromatic carbocycles. The van der Waals surface area contributed by atoms with Crippen LogP contribution in [0, 0.1) is 0 Å². The lowest BCUT2D eigenvalue weighted by atomic mass is 10.3. The molecular weight excluding hydrogens is 256 g/mol. The second kappa shape index (κ2) is 4.09. The molecule has 1 aromatic heterocycles.